The van der Waals surface area contributed by atoms with Crippen molar-refractivity contribution in [2.75, 3.05) is 19.0 Å². The number of esters is 1. The minimum Gasteiger partial charge on any atom is -0.452 e. The zero-order chi connectivity index (χ0) is 19.8. The maximum atomic E-state index is 11.8. The topological polar surface area (TPSA) is 84.5 Å². The van der Waals surface area contributed by atoms with E-state index in [1.54, 1.807) is 42.5 Å². The summed E-state index contributed by atoms with van der Waals surface area (Å²) >= 11 is 12.0. The van der Waals surface area contributed by atoms with Gasteiger partial charge >= 0.3 is 5.97 Å². The predicted molar refractivity (Wildman–Crippen MR) is 105 cm³/mol. The van der Waals surface area contributed by atoms with Crippen LogP contribution in [0.25, 0.3) is 6.08 Å². The van der Waals surface area contributed by atoms with Gasteiger partial charge in [-0.2, -0.15) is 0 Å². The Hall–Kier alpha value is -2.83. The normalized spacial score (nSPS) is 10.5. The molecule has 0 aromatic heterocycles. The van der Waals surface area contributed by atoms with Gasteiger partial charge in [-0.05, 0) is 42.5 Å². The highest BCUT2D eigenvalue weighted by atomic mass is 35.5. The first kappa shape index (κ1) is 20.5. The summed E-state index contributed by atoms with van der Waals surface area (Å²) in [4.78, 5) is 35.0. The average Bonchev–Trinajstić information content (AvgIpc) is 2.66. The van der Waals surface area contributed by atoms with Crippen molar-refractivity contribution in [2.45, 2.75) is 0 Å². The van der Waals surface area contributed by atoms with Crippen LogP contribution in [0.3, 0.4) is 0 Å². The third-order valence-electron chi connectivity index (χ3n) is 3.39. The van der Waals surface area contributed by atoms with Crippen LogP contribution in [0.4, 0.5) is 5.69 Å². The fourth-order valence-electron chi connectivity index (χ4n) is 2.05. The minimum atomic E-state index is -0.712. The summed E-state index contributed by atoms with van der Waals surface area (Å²) in [6, 6.07) is 11.2. The number of anilines is 1. The van der Waals surface area contributed by atoms with Crippen molar-refractivity contribution in [3.05, 3.63) is 69.7 Å². The van der Waals surface area contributed by atoms with Gasteiger partial charge in [0.2, 0.25) is 0 Å². The quantitative estimate of drug-likeness (QED) is 0.567. The third kappa shape index (κ3) is 6.13. The highest BCUT2D eigenvalue weighted by molar-refractivity contribution is 6.37. The molecule has 0 aliphatic carbocycles. The number of hydrogen-bond donors (Lipinski definition) is 2. The molecule has 2 amide bonds. The molecule has 0 fully saturated rings. The first-order valence-corrected chi connectivity index (χ1v) is 8.57. The van der Waals surface area contributed by atoms with Crippen LogP contribution in [0.2, 0.25) is 10.0 Å². The standard InChI is InChI=1S/C19H16Cl2N2O4/c1-22-19(26)12-5-7-13(8-6-12)23-17(24)11-27-18(25)10-9-14-15(20)3-2-4-16(14)21/h2-10H,11H2,1H3,(H,22,26)(H,23,24)/b10-9+. The average molecular weight is 407 g/mol. The molecule has 0 saturated carbocycles. The number of carbonyl (C=O) groups excluding carboxylic acids is 3. The highest BCUT2D eigenvalue weighted by Gasteiger charge is 2.08. The molecule has 0 saturated heterocycles. The Morgan fingerprint density at radius 3 is 2.26 bits per heavy atom. The lowest BCUT2D eigenvalue weighted by Gasteiger charge is -2.06. The lowest BCUT2D eigenvalue weighted by molar-refractivity contribution is -0.142. The summed E-state index contributed by atoms with van der Waals surface area (Å²) in [7, 11) is 1.53. The van der Waals surface area contributed by atoms with Crippen molar-refractivity contribution in [2.24, 2.45) is 0 Å². The van der Waals surface area contributed by atoms with Gasteiger partial charge in [0, 0.05) is 40.0 Å². The maximum Gasteiger partial charge on any atom is 0.331 e. The van der Waals surface area contributed by atoms with E-state index in [2.05, 4.69) is 10.6 Å². The molecule has 2 rings (SSSR count). The van der Waals surface area contributed by atoms with Crippen molar-refractivity contribution in [1.82, 2.24) is 5.32 Å². The maximum absolute atomic E-state index is 11.8. The first-order valence-electron chi connectivity index (χ1n) is 7.81. The van der Waals surface area contributed by atoms with Crippen molar-refractivity contribution in [3.8, 4) is 0 Å². The second-order valence-electron chi connectivity index (χ2n) is 5.28. The number of hydrogen-bond acceptors (Lipinski definition) is 4. The monoisotopic (exact) mass is 406 g/mol. The van der Waals surface area contributed by atoms with E-state index < -0.39 is 18.5 Å². The van der Waals surface area contributed by atoms with Crippen LogP contribution < -0.4 is 10.6 Å². The van der Waals surface area contributed by atoms with E-state index >= 15 is 0 Å². The summed E-state index contributed by atoms with van der Waals surface area (Å²) in [6.07, 6.45) is 2.56. The number of amides is 2. The molecule has 27 heavy (non-hydrogen) atoms. The highest BCUT2D eigenvalue weighted by Crippen LogP contribution is 2.25. The number of rotatable bonds is 6. The molecular weight excluding hydrogens is 391 g/mol. The van der Waals surface area contributed by atoms with Gasteiger partial charge in [-0.3, -0.25) is 9.59 Å². The third-order valence-corrected chi connectivity index (χ3v) is 4.05. The molecule has 0 heterocycles. The van der Waals surface area contributed by atoms with E-state index in [0.717, 1.165) is 6.08 Å². The predicted octanol–water partition coefficient (Wildman–Crippen LogP) is 3.55. The van der Waals surface area contributed by atoms with Crippen LogP contribution in [0.5, 0.6) is 0 Å². The van der Waals surface area contributed by atoms with E-state index in [1.807, 2.05) is 0 Å². The molecule has 0 radical (unpaired) electrons. The van der Waals surface area contributed by atoms with Crippen molar-refractivity contribution in [1.29, 1.82) is 0 Å². The number of carbonyl (C=O) groups is 3. The summed E-state index contributed by atoms with van der Waals surface area (Å²) in [5.41, 5.74) is 1.42. The Bertz CT molecular complexity index is 860. The van der Waals surface area contributed by atoms with E-state index in [4.69, 9.17) is 27.9 Å². The molecule has 140 valence electrons. The second kappa shape index (κ2) is 9.75. The molecule has 0 aliphatic heterocycles. The van der Waals surface area contributed by atoms with Crippen LogP contribution >= 0.6 is 23.2 Å². The molecule has 0 spiro atoms. The van der Waals surface area contributed by atoms with E-state index in [1.165, 1.54) is 13.1 Å². The van der Waals surface area contributed by atoms with Gasteiger partial charge in [0.15, 0.2) is 6.61 Å². The Labute approximate surface area is 166 Å². The summed E-state index contributed by atoms with van der Waals surface area (Å²) < 4.78 is 4.87. The van der Waals surface area contributed by atoms with Crippen molar-refractivity contribution in [3.63, 3.8) is 0 Å². The Morgan fingerprint density at radius 2 is 1.67 bits per heavy atom. The van der Waals surface area contributed by atoms with Crippen molar-refractivity contribution < 1.29 is 19.1 Å². The molecule has 2 N–H and O–H groups in total. The van der Waals surface area contributed by atoms with Gasteiger partial charge in [-0.15, -0.1) is 0 Å². The van der Waals surface area contributed by atoms with Gasteiger partial charge in [-0.25, -0.2) is 4.79 Å². The first-order chi connectivity index (χ1) is 12.9. The van der Waals surface area contributed by atoms with E-state index in [9.17, 15) is 14.4 Å². The largest absolute Gasteiger partial charge is 0.452 e. The smallest absolute Gasteiger partial charge is 0.331 e. The lowest BCUT2D eigenvalue weighted by atomic mass is 10.2. The van der Waals surface area contributed by atoms with Crippen LogP contribution in [-0.2, 0) is 14.3 Å². The van der Waals surface area contributed by atoms with Crippen LogP contribution in [0, 0.1) is 0 Å². The van der Waals surface area contributed by atoms with Gasteiger partial charge in [0.25, 0.3) is 11.8 Å². The zero-order valence-corrected chi connectivity index (χ0v) is 15.8. The van der Waals surface area contributed by atoms with Crippen LogP contribution in [0.15, 0.2) is 48.5 Å². The molecule has 0 unspecified atom stereocenters. The Kier molecular flexibility index (Phi) is 7.40. The lowest BCUT2D eigenvalue weighted by Crippen LogP contribution is -2.20. The Balaban J connectivity index is 1.85. The molecule has 0 bridgehead atoms. The number of nitrogens with one attached hydrogen (secondary N) is 2. The summed E-state index contributed by atoms with van der Waals surface area (Å²) in [5, 5.41) is 5.84. The van der Waals surface area contributed by atoms with Crippen LogP contribution in [-0.4, -0.2) is 31.4 Å². The number of halogens is 2. The van der Waals surface area contributed by atoms with Gasteiger partial charge in [0.05, 0.1) is 0 Å². The molecular formula is C19H16Cl2N2O4. The molecule has 0 atom stereocenters. The van der Waals surface area contributed by atoms with E-state index in [-0.39, 0.29) is 5.91 Å². The van der Waals surface area contributed by atoms with E-state index in [0.29, 0.717) is 26.9 Å². The van der Waals surface area contributed by atoms with Gasteiger partial charge in [-0.1, -0.05) is 29.3 Å². The zero-order valence-electron chi connectivity index (χ0n) is 14.3. The fourth-order valence-corrected chi connectivity index (χ4v) is 2.58. The Morgan fingerprint density at radius 1 is 1.04 bits per heavy atom. The molecule has 0 aliphatic rings. The molecule has 2 aromatic rings. The molecule has 2 aromatic carbocycles. The van der Waals surface area contributed by atoms with Crippen LogP contribution in [0.1, 0.15) is 15.9 Å². The fraction of sp³-hybridized carbons (Fsp3) is 0.105. The number of benzene rings is 2. The second-order valence-corrected chi connectivity index (χ2v) is 6.10. The van der Waals surface area contributed by atoms with Crippen molar-refractivity contribution >= 4 is 52.7 Å². The van der Waals surface area contributed by atoms with Gasteiger partial charge in [0.1, 0.15) is 0 Å². The summed E-state index contributed by atoms with van der Waals surface area (Å²) in [5.74, 6) is -1.46. The molecule has 6 nitrogen and oxygen atoms in total. The SMILES string of the molecule is CNC(=O)c1ccc(NC(=O)COC(=O)/C=C/c2c(Cl)cccc2Cl)cc1. The molecule has 8 heteroatoms. The summed E-state index contributed by atoms with van der Waals surface area (Å²) in [6.45, 7) is -0.462. The van der Waals surface area contributed by atoms with Gasteiger partial charge < -0.3 is 15.4 Å². The minimum absolute atomic E-state index is 0.229. The number of ether oxygens (including phenoxy) is 1.